The first-order chi connectivity index (χ1) is 6.16. The molecule has 0 atom stereocenters. The Bertz CT molecular complexity index is 323. The van der Waals surface area contributed by atoms with E-state index in [0.717, 1.165) is 5.56 Å². The number of carbonyl (C=O) groups is 1. The van der Waals surface area contributed by atoms with E-state index in [2.05, 4.69) is 4.84 Å². The molecular weight excluding hydrogens is 170 g/mol. The van der Waals surface area contributed by atoms with E-state index in [0.29, 0.717) is 5.56 Å². The highest BCUT2D eigenvalue weighted by Crippen LogP contribution is 2.14. The number of rotatable bonds is 3. The summed E-state index contributed by atoms with van der Waals surface area (Å²) in [4.78, 5) is 15.2. The van der Waals surface area contributed by atoms with Crippen LogP contribution in [0.15, 0.2) is 18.2 Å². The number of carboxylic acids is 1. The number of carboxylic acid groups (broad SMARTS) is 1. The highest BCUT2D eigenvalue weighted by molar-refractivity contribution is 5.89. The summed E-state index contributed by atoms with van der Waals surface area (Å²) < 4.78 is 0. The summed E-state index contributed by atoms with van der Waals surface area (Å²) in [6.45, 7) is 1.96. The first-order valence-electron chi connectivity index (χ1n) is 3.80. The molecule has 70 valence electrons. The van der Waals surface area contributed by atoms with Gasteiger partial charge in [-0.3, -0.25) is 4.84 Å². The minimum absolute atomic E-state index is 0.229. The van der Waals surface area contributed by atoms with Crippen molar-refractivity contribution in [1.29, 1.82) is 0 Å². The molecule has 3 N–H and O–H groups in total. The van der Waals surface area contributed by atoms with Gasteiger partial charge >= 0.3 is 5.97 Å². The maximum atomic E-state index is 10.7. The van der Waals surface area contributed by atoms with E-state index in [1.807, 2.05) is 0 Å². The summed E-state index contributed by atoms with van der Waals surface area (Å²) in [7, 11) is 0. The van der Waals surface area contributed by atoms with Gasteiger partial charge in [0.2, 0.25) is 0 Å². The third-order valence-corrected chi connectivity index (χ3v) is 1.92. The Morgan fingerprint density at radius 3 is 2.85 bits per heavy atom. The minimum Gasteiger partial charge on any atom is -0.478 e. The van der Waals surface area contributed by atoms with Crippen LogP contribution in [0.3, 0.4) is 0 Å². The molecule has 0 saturated carbocycles. The second kappa shape index (κ2) is 4.02. The number of hydrogen-bond acceptors (Lipinski definition) is 3. The zero-order valence-electron chi connectivity index (χ0n) is 7.28. The standard InChI is InChI=1S/C9H11NO3/c1-6-7(5-13-10)3-2-4-8(6)9(11)12/h2-4H,5,10H2,1H3,(H,11,12). The van der Waals surface area contributed by atoms with Crippen LogP contribution in [0.25, 0.3) is 0 Å². The Balaban J connectivity index is 3.10. The van der Waals surface area contributed by atoms with Gasteiger partial charge in [-0.2, -0.15) is 0 Å². The topological polar surface area (TPSA) is 72.5 Å². The first-order valence-corrected chi connectivity index (χ1v) is 3.80. The van der Waals surface area contributed by atoms with Crippen molar-refractivity contribution in [1.82, 2.24) is 0 Å². The van der Waals surface area contributed by atoms with Crippen LogP contribution in [0.2, 0.25) is 0 Å². The molecule has 0 amide bonds. The molecule has 0 unspecified atom stereocenters. The fraction of sp³-hybridized carbons (Fsp3) is 0.222. The van der Waals surface area contributed by atoms with Gasteiger partial charge in [0, 0.05) is 0 Å². The van der Waals surface area contributed by atoms with Crippen molar-refractivity contribution < 1.29 is 14.7 Å². The maximum Gasteiger partial charge on any atom is 0.335 e. The zero-order chi connectivity index (χ0) is 9.84. The summed E-state index contributed by atoms with van der Waals surface area (Å²) in [5, 5.41) is 8.79. The molecule has 0 saturated heterocycles. The number of benzene rings is 1. The van der Waals surface area contributed by atoms with Crippen LogP contribution in [-0.2, 0) is 11.4 Å². The van der Waals surface area contributed by atoms with Crippen LogP contribution in [0.1, 0.15) is 21.5 Å². The van der Waals surface area contributed by atoms with Gasteiger partial charge in [-0.05, 0) is 24.1 Å². The number of hydrogen-bond donors (Lipinski definition) is 2. The van der Waals surface area contributed by atoms with Crippen LogP contribution < -0.4 is 5.90 Å². The Kier molecular flexibility index (Phi) is 3.00. The second-order valence-corrected chi connectivity index (χ2v) is 2.71. The average Bonchev–Trinajstić information content (AvgIpc) is 2.08. The summed E-state index contributed by atoms with van der Waals surface area (Å²) in [6, 6.07) is 5.01. The van der Waals surface area contributed by atoms with Gasteiger partial charge in [0.25, 0.3) is 0 Å². The first kappa shape index (κ1) is 9.70. The lowest BCUT2D eigenvalue weighted by molar-refractivity contribution is 0.0695. The lowest BCUT2D eigenvalue weighted by Crippen LogP contribution is -2.05. The molecule has 0 bridgehead atoms. The highest BCUT2D eigenvalue weighted by Gasteiger charge is 2.09. The van der Waals surface area contributed by atoms with E-state index < -0.39 is 5.97 Å². The zero-order valence-corrected chi connectivity index (χ0v) is 7.28. The van der Waals surface area contributed by atoms with Gasteiger partial charge in [-0.15, -0.1) is 0 Å². The van der Waals surface area contributed by atoms with E-state index in [9.17, 15) is 4.79 Å². The van der Waals surface area contributed by atoms with Crippen molar-refractivity contribution in [2.45, 2.75) is 13.5 Å². The monoisotopic (exact) mass is 181 g/mol. The van der Waals surface area contributed by atoms with Crippen molar-refractivity contribution >= 4 is 5.97 Å². The Morgan fingerprint density at radius 2 is 2.31 bits per heavy atom. The molecule has 0 radical (unpaired) electrons. The molecule has 0 aliphatic heterocycles. The molecule has 0 aliphatic carbocycles. The third kappa shape index (κ3) is 2.05. The van der Waals surface area contributed by atoms with E-state index in [-0.39, 0.29) is 12.2 Å². The predicted molar refractivity (Wildman–Crippen MR) is 47.1 cm³/mol. The molecule has 4 nitrogen and oxygen atoms in total. The Morgan fingerprint density at radius 1 is 1.62 bits per heavy atom. The molecule has 13 heavy (non-hydrogen) atoms. The normalized spacial score (nSPS) is 10.0. The fourth-order valence-corrected chi connectivity index (χ4v) is 1.16. The molecule has 0 aromatic heterocycles. The quantitative estimate of drug-likeness (QED) is 0.684. The van der Waals surface area contributed by atoms with Crippen LogP contribution in [0.5, 0.6) is 0 Å². The number of nitrogens with two attached hydrogens (primary N) is 1. The Hall–Kier alpha value is -1.39. The summed E-state index contributed by atoms with van der Waals surface area (Å²) in [5.41, 5.74) is 1.78. The summed E-state index contributed by atoms with van der Waals surface area (Å²) in [6.07, 6.45) is 0. The van der Waals surface area contributed by atoms with E-state index >= 15 is 0 Å². The van der Waals surface area contributed by atoms with Crippen LogP contribution in [0, 0.1) is 6.92 Å². The van der Waals surface area contributed by atoms with E-state index in [4.69, 9.17) is 11.0 Å². The third-order valence-electron chi connectivity index (χ3n) is 1.92. The molecule has 0 fully saturated rings. The van der Waals surface area contributed by atoms with Crippen LogP contribution >= 0.6 is 0 Å². The number of aromatic carboxylic acids is 1. The molecule has 0 spiro atoms. The molecule has 1 aromatic rings. The highest BCUT2D eigenvalue weighted by atomic mass is 16.6. The van der Waals surface area contributed by atoms with Crippen molar-refractivity contribution in [2.75, 3.05) is 0 Å². The Labute approximate surface area is 75.9 Å². The van der Waals surface area contributed by atoms with Gasteiger partial charge in [0.05, 0.1) is 12.2 Å². The second-order valence-electron chi connectivity index (χ2n) is 2.71. The van der Waals surface area contributed by atoms with E-state index in [1.165, 1.54) is 0 Å². The molecule has 0 heterocycles. The van der Waals surface area contributed by atoms with Crippen molar-refractivity contribution in [3.05, 3.63) is 34.9 Å². The van der Waals surface area contributed by atoms with Gasteiger partial charge in [-0.25, -0.2) is 10.7 Å². The largest absolute Gasteiger partial charge is 0.478 e. The molecule has 4 heteroatoms. The molecule has 1 aromatic carbocycles. The van der Waals surface area contributed by atoms with Gasteiger partial charge < -0.3 is 5.11 Å². The van der Waals surface area contributed by atoms with E-state index in [1.54, 1.807) is 25.1 Å². The van der Waals surface area contributed by atoms with Gasteiger partial charge in [0.1, 0.15) is 0 Å². The summed E-state index contributed by atoms with van der Waals surface area (Å²) >= 11 is 0. The fourth-order valence-electron chi connectivity index (χ4n) is 1.16. The van der Waals surface area contributed by atoms with Crippen molar-refractivity contribution in [3.8, 4) is 0 Å². The van der Waals surface area contributed by atoms with Crippen LogP contribution in [-0.4, -0.2) is 11.1 Å². The van der Waals surface area contributed by atoms with Crippen LogP contribution in [0.4, 0.5) is 0 Å². The molecule has 0 aliphatic rings. The smallest absolute Gasteiger partial charge is 0.335 e. The maximum absolute atomic E-state index is 10.7. The average molecular weight is 181 g/mol. The van der Waals surface area contributed by atoms with Crippen molar-refractivity contribution in [3.63, 3.8) is 0 Å². The van der Waals surface area contributed by atoms with Crippen molar-refractivity contribution in [2.24, 2.45) is 5.90 Å². The SMILES string of the molecule is Cc1c(CON)cccc1C(=O)O. The predicted octanol–water partition coefficient (Wildman–Crippen LogP) is 1.08. The molecular formula is C9H11NO3. The van der Waals surface area contributed by atoms with Gasteiger partial charge in [0.15, 0.2) is 0 Å². The minimum atomic E-state index is -0.934. The lowest BCUT2D eigenvalue weighted by Gasteiger charge is -2.06. The molecule has 1 rings (SSSR count). The van der Waals surface area contributed by atoms with Gasteiger partial charge in [-0.1, -0.05) is 12.1 Å². The summed E-state index contributed by atoms with van der Waals surface area (Å²) in [5.74, 6) is 3.97. The lowest BCUT2D eigenvalue weighted by atomic mass is 10.0.